The van der Waals surface area contributed by atoms with Gasteiger partial charge in [0.15, 0.2) is 5.82 Å². The summed E-state index contributed by atoms with van der Waals surface area (Å²) in [6, 6.07) is 26.7. The molecule has 0 saturated carbocycles. The second-order valence-corrected chi connectivity index (χ2v) is 9.79. The number of carbonyl (C=O) groups is 1. The Labute approximate surface area is 224 Å². The van der Waals surface area contributed by atoms with Crippen molar-refractivity contribution < 1.29 is 9.18 Å². The fourth-order valence-corrected chi connectivity index (χ4v) is 5.20. The number of aromatic nitrogens is 2. The number of benzene rings is 3. The number of anilines is 1. The molecular weight excluding hydrogens is 475 g/mol. The molecule has 0 aliphatic carbocycles. The standard InChI is InChI=1S/C32H33FN4O/c1-3-28(25-13-8-5-9-14-25)32(38)37-19-17-36(18-20-37)31-29(21-24-11-6-4-7-12-24)23(2)34-30(35-31)26-15-10-16-27(33)22-26/h4-16,22,28H,3,17-21H2,1-2H3/t28-/m0/s1. The second-order valence-electron chi connectivity index (χ2n) is 9.79. The molecule has 0 radical (unpaired) electrons. The Balaban J connectivity index is 1.42. The zero-order chi connectivity index (χ0) is 26.5. The molecule has 3 aromatic carbocycles. The summed E-state index contributed by atoms with van der Waals surface area (Å²) in [5, 5.41) is 0. The van der Waals surface area contributed by atoms with Gasteiger partial charge < -0.3 is 9.80 Å². The molecule has 0 N–H and O–H groups in total. The molecular formula is C32H33FN4O. The van der Waals surface area contributed by atoms with Crippen molar-refractivity contribution in [1.82, 2.24) is 14.9 Å². The lowest BCUT2D eigenvalue weighted by atomic mass is 9.94. The molecule has 5 rings (SSSR count). The van der Waals surface area contributed by atoms with Gasteiger partial charge in [-0.25, -0.2) is 14.4 Å². The normalized spacial score (nSPS) is 14.4. The molecule has 0 spiro atoms. The van der Waals surface area contributed by atoms with Crippen LogP contribution in [-0.2, 0) is 11.2 Å². The van der Waals surface area contributed by atoms with E-state index in [4.69, 9.17) is 9.97 Å². The Bertz CT molecular complexity index is 1390. The first-order valence-corrected chi connectivity index (χ1v) is 13.3. The van der Waals surface area contributed by atoms with Crippen LogP contribution >= 0.6 is 0 Å². The van der Waals surface area contributed by atoms with Gasteiger partial charge in [0.2, 0.25) is 5.91 Å². The Morgan fingerprint density at radius 1 is 0.895 bits per heavy atom. The van der Waals surface area contributed by atoms with Gasteiger partial charge in [-0.15, -0.1) is 0 Å². The number of rotatable bonds is 7. The molecule has 1 aliphatic heterocycles. The van der Waals surface area contributed by atoms with E-state index in [1.54, 1.807) is 6.07 Å². The Hall–Kier alpha value is -4.06. The zero-order valence-corrected chi connectivity index (χ0v) is 22.0. The molecule has 4 aromatic rings. The van der Waals surface area contributed by atoms with Crippen LogP contribution in [0.15, 0.2) is 84.9 Å². The fraction of sp³-hybridized carbons (Fsp3) is 0.281. The van der Waals surface area contributed by atoms with Crippen LogP contribution in [-0.4, -0.2) is 47.0 Å². The Morgan fingerprint density at radius 2 is 1.58 bits per heavy atom. The number of nitrogens with zero attached hydrogens (tertiary/aromatic N) is 4. The lowest BCUT2D eigenvalue weighted by Crippen LogP contribution is -2.50. The number of aryl methyl sites for hydroxylation is 1. The third-order valence-corrected chi connectivity index (χ3v) is 7.30. The molecule has 6 heteroatoms. The van der Waals surface area contributed by atoms with Crippen molar-refractivity contribution in [3.8, 4) is 11.4 Å². The van der Waals surface area contributed by atoms with Crippen LogP contribution in [0, 0.1) is 12.7 Å². The van der Waals surface area contributed by atoms with Crippen molar-refractivity contribution in [2.45, 2.75) is 32.6 Å². The molecule has 1 saturated heterocycles. The maximum atomic E-state index is 14.0. The molecule has 2 heterocycles. The summed E-state index contributed by atoms with van der Waals surface area (Å²) in [4.78, 5) is 27.4. The van der Waals surface area contributed by atoms with Crippen LogP contribution < -0.4 is 4.90 Å². The van der Waals surface area contributed by atoms with Crippen LogP contribution in [0.3, 0.4) is 0 Å². The van der Waals surface area contributed by atoms with Crippen molar-refractivity contribution in [2.24, 2.45) is 0 Å². The molecule has 1 aromatic heterocycles. The minimum atomic E-state index is -0.310. The van der Waals surface area contributed by atoms with Crippen LogP contribution in [0.4, 0.5) is 10.2 Å². The highest BCUT2D eigenvalue weighted by molar-refractivity contribution is 5.84. The van der Waals surface area contributed by atoms with E-state index >= 15 is 0 Å². The summed E-state index contributed by atoms with van der Waals surface area (Å²) in [7, 11) is 0. The van der Waals surface area contributed by atoms with Gasteiger partial charge in [-0.2, -0.15) is 0 Å². The number of carbonyl (C=O) groups excluding carboxylic acids is 1. The Kier molecular flexibility index (Phi) is 7.78. The van der Waals surface area contributed by atoms with E-state index in [-0.39, 0.29) is 17.6 Å². The summed E-state index contributed by atoms with van der Waals surface area (Å²) in [5.41, 5.74) is 4.85. The quantitative estimate of drug-likeness (QED) is 0.306. The number of hydrogen-bond acceptors (Lipinski definition) is 4. The third-order valence-electron chi connectivity index (χ3n) is 7.30. The number of halogens is 1. The molecule has 1 aliphatic rings. The summed E-state index contributed by atoms with van der Waals surface area (Å²) in [5.74, 6) is 1.12. The molecule has 38 heavy (non-hydrogen) atoms. The summed E-state index contributed by atoms with van der Waals surface area (Å²) < 4.78 is 14.0. The van der Waals surface area contributed by atoms with Gasteiger partial charge >= 0.3 is 0 Å². The van der Waals surface area contributed by atoms with Gasteiger partial charge in [0.05, 0.1) is 5.92 Å². The minimum Gasteiger partial charge on any atom is -0.353 e. The van der Waals surface area contributed by atoms with E-state index in [0.29, 0.717) is 44.0 Å². The maximum Gasteiger partial charge on any atom is 0.230 e. The molecule has 194 valence electrons. The van der Waals surface area contributed by atoms with Gasteiger partial charge in [-0.1, -0.05) is 79.7 Å². The lowest BCUT2D eigenvalue weighted by Gasteiger charge is -2.38. The van der Waals surface area contributed by atoms with E-state index in [1.807, 2.05) is 66.4 Å². The molecule has 1 fully saturated rings. The van der Waals surface area contributed by atoms with Crippen LogP contribution in [0.2, 0.25) is 0 Å². The van der Waals surface area contributed by atoms with E-state index in [1.165, 1.54) is 17.7 Å². The van der Waals surface area contributed by atoms with E-state index in [2.05, 4.69) is 24.0 Å². The zero-order valence-electron chi connectivity index (χ0n) is 22.0. The molecule has 0 unspecified atom stereocenters. The van der Waals surface area contributed by atoms with Crippen LogP contribution in [0.1, 0.15) is 41.6 Å². The first-order valence-electron chi connectivity index (χ1n) is 13.3. The minimum absolute atomic E-state index is 0.128. The summed E-state index contributed by atoms with van der Waals surface area (Å²) in [6.45, 7) is 6.68. The Morgan fingerprint density at radius 3 is 2.24 bits per heavy atom. The third kappa shape index (κ3) is 5.59. The largest absolute Gasteiger partial charge is 0.353 e. The van der Waals surface area contributed by atoms with Crippen molar-refractivity contribution in [2.75, 3.05) is 31.1 Å². The van der Waals surface area contributed by atoms with Gasteiger partial charge in [-0.3, -0.25) is 4.79 Å². The lowest BCUT2D eigenvalue weighted by molar-refractivity contribution is -0.133. The predicted molar refractivity (Wildman–Crippen MR) is 150 cm³/mol. The smallest absolute Gasteiger partial charge is 0.230 e. The topological polar surface area (TPSA) is 49.3 Å². The number of amides is 1. The van der Waals surface area contributed by atoms with Gasteiger partial charge in [0, 0.05) is 49.4 Å². The average molecular weight is 509 g/mol. The van der Waals surface area contributed by atoms with Crippen molar-refractivity contribution >= 4 is 11.7 Å². The maximum absolute atomic E-state index is 14.0. The van der Waals surface area contributed by atoms with Crippen LogP contribution in [0.25, 0.3) is 11.4 Å². The molecule has 1 atom stereocenters. The van der Waals surface area contributed by atoms with Gasteiger partial charge in [-0.05, 0) is 36.6 Å². The number of hydrogen-bond donors (Lipinski definition) is 0. The van der Waals surface area contributed by atoms with Crippen LogP contribution in [0.5, 0.6) is 0 Å². The highest BCUT2D eigenvalue weighted by Crippen LogP contribution is 2.29. The van der Waals surface area contributed by atoms with Gasteiger partial charge in [0.25, 0.3) is 0 Å². The highest BCUT2D eigenvalue weighted by atomic mass is 19.1. The summed E-state index contributed by atoms with van der Waals surface area (Å²) in [6.07, 6.45) is 1.48. The first kappa shape index (κ1) is 25.6. The SMILES string of the molecule is CC[C@H](C(=O)N1CCN(c2nc(-c3cccc(F)c3)nc(C)c2Cc2ccccc2)CC1)c1ccccc1. The molecule has 0 bridgehead atoms. The summed E-state index contributed by atoms with van der Waals surface area (Å²) >= 11 is 0. The first-order chi connectivity index (χ1) is 18.5. The highest BCUT2D eigenvalue weighted by Gasteiger charge is 2.29. The van der Waals surface area contributed by atoms with E-state index < -0.39 is 0 Å². The van der Waals surface area contributed by atoms with E-state index in [9.17, 15) is 9.18 Å². The second kappa shape index (κ2) is 11.5. The number of piperazine rings is 1. The van der Waals surface area contributed by atoms with E-state index in [0.717, 1.165) is 29.1 Å². The van der Waals surface area contributed by atoms with Gasteiger partial charge in [0.1, 0.15) is 11.6 Å². The molecule has 5 nitrogen and oxygen atoms in total. The average Bonchev–Trinajstić information content (AvgIpc) is 2.95. The van der Waals surface area contributed by atoms with Crippen molar-refractivity contribution in [3.63, 3.8) is 0 Å². The predicted octanol–water partition coefficient (Wildman–Crippen LogP) is 6.02. The fourth-order valence-electron chi connectivity index (χ4n) is 5.20. The molecule has 1 amide bonds. The van der Waals surface area contributed by atoms with Crippen molar-refractivity contribution in [1.29, 1.82) is 0 Å². The van der Waals surface area contributed by atoms with Crippen molar-refractivity contribution in [3.05, 3.63) is 113 Å². The monoisotopic (exact) mass is 508 g/mol.